The van der Waals surface area contributed by atoms with Gasteiger partial charge in [0.25, 0.3) is 5.91 Å². The zero-order valence-electron chi connectivity index (χ0n) is 18.8. The zero-order chi connectivity index (χ0) is 24.7. The number of benzene rings is 3. The van der Waals surface area contributed by atoms with Crippen LogP contribution in [-0.4, -0.2) is 31.1 Å². The number of nitrogens with one attached hydrogen (secondary N) is 1. The standard InChI is InChI=1S/C26H19FN6O2S/c27-18-10-13-21(14-11-18)35-25-15-12-19(16-28-25)29-26(34)22-8-4-5-9-23(22)36-17-24-30-31-32-33(24)20-6-2-1-3-7-20/h1-16H,17H2,(H,29,34). The minimum Gasteiger partial charge on any atom is -0.439 e. The molecule has 0 radical (unpaired) electrons. The van der Waals surface area contributed by atoms with Gasteiger partial charge in [-0.15, -0.1) is 16.9 Å². The van der Waals surface area contributed by atoms with E-state index in [-0.39, 0.29) is 11.7 Å². The molecular formula is C26H19FN6O2S. The monoisotopic (exact) mass is 498 g/mol. The molecule has 0 atom stereocenters. The first-order valence-corrected chi connectivity index (χ1v) is 11.9. The second-order valence-corrected chi connectivity index (χ2v) is 8.54. The van der Waals surface area contributed by atoms with Crippen molar-refractivity contribution in [3.05, 3.63) is 114 Å². The third-order valence-corrected chi connectivity index (χ3v) is 6.12. The summed E-state index contributed by atoms with van der Waals surface area (Å²) in [7, 11) is 0. The van der Waals surface area contributed by atoms with Gasteiger partial charge in [-0.25, -0.2) is 9.37 Å². The Morgan fingerprint density at radius 2 is 1.72 bits per heavy atom. The number of pyridine rings is 1. The summed E-state index contributed by atoms with van der Waals surface area (Å²) in [6, 6.07) is 25.9. The van der Waals surface area contributed by atoms with Crippen molar-refractivity contribution in [2.45, 2.75) is 10.6 Å². The van der Waals surface area contributed by atoms with Crippen LogP contribution in [0.5, 0.6) is 11.6 Å². The number of rotatable bonds is 8. The Labute approximate surface area is 210 Å². The molecular weight excluding hydrogens is 479 g/mol. The van der Waals surface area contributed by atoms with E-state index < -0.39 is 0 Å². The second-order valence-electron chi connectivity index (χ2n) is 7.52. The van der Waals surface area contributed by atoms with E-state index in [4.69, 9.17) is 4.74 Å². The van der Waals surface area contributed by atoms with E-state index in [0.717, 1.165) is 10.6 Å². The summed E-state index contributed by atoms with van der Waals surface area (Å²) >= 11 is 1.47. The van der Waals surface area contributed by atoms with Gasteiger partial charge in [0, 0.05) is 11.0 Å². The molecule has 0 aliphatic rings. The number of tetrazole rings is 1. The van der Waals surface area contributed by atoms with Gasteiger partial charge < -0.3 is 10.1 Å². The van der Waals surface area contributed by atoms with E-state index in [1.807, 2.05) is 48.5 Å². The average molecular weight is 499 g/mol. The van der Waals surface area contributed by atoms with E-state index in [0.29, 0.717) is 34.5 Å². The van der Waals surface area contributed by atoms with Gasteiger partial charge in [-0.1, -0.05) is 30.3 Å². The van der Waals surface area contributed by atoms with Gasteiger partial charge in [0.2, 0.25) is 5.88 Å². The Balaban J connectivity index is 1.25. The zero-order valence-corrected chi connectivity index (χ0v) is 19.6. The largest absolute Gasteiger partial charge is 0.439 e. The molecule has 3 aromatic carbocycles. The highest BCUT2D eigenvalue weighted by Gasteiger charge is 2.15. The van der Waals surface area contributed by atoms with Gasteiger partial charge in [-0.05, 0) is 65.0 Å². The van der Waals surface area contributed by atoms with E-state index in [9.17, 15) is 9.18 Å². The highest BCUT2D eigenvalue weighted by Crippen LogP contribution is 2.27. The molecule has 5 rings (SSSR count). The SMILES string of the molecule is O=C(Nc1ccc(Oc2ccc(F)cc2)nc1)c1ccccc1SCc1nnnn1-c1ccccc1. The minimum atomic E-state index is -0.346. The number of hydrogen-bond donors (Lipinski definition) is 1. The molecule has 178 valence electrons. The van der Waals surface area contributed by atoms with E-state index in [1.54, 1.807) is 22.9 Å². The molecule has 10 heteroatoms. The molecule has 1 amide bonds. The second kappa shape index (κ2) is 10.8. The number of halogens is 1. The quantitative estimate of drug-likeness (QED) is 0.281. The highest BCUT2D eigenvalue weighted by atomic mass is 32.2. The molecule has 0 aliphatic carbocycles. The van der Waals surface area contributed by atoms with Crippen LogP contribution < -0.4 is 10.1 Å². The molecule has 0 unspecified atom stereocenters. The number of para-hydroxylation sites is 1. The number of hydrogen-bond acceptors (Lipinski definition) is 7. The maximum atomic E-state index is 13.1. The lowest BCUT2D eigenvalue weighted by Gasteiger charge is -2.10. The number of aromatic nitrogens is 5. The number of amides is 1. The molecule has 5 aromatic rings. The number of carbonyl (C=O) groups is 1. The van der Waals surface area contributed by atoms with Crippen LogP contribution in [0.3, 0.4) is 0 Å². The fourth-order valence-corrected chi connectivity index (χ4v) is 4.28. The fraction of sp³-hybridized carbons (Fsp3) is 0.0385. The molecule has 0 aliphatic heterocycles. The van der Waals surface area contributed by atoms with Crippen molar-refractivity contribution in [3.63, 3.8) is 0 Å². The van der Waals surface area contributed by atoms with Crippen LogP contribution in [0.1, 0.15) is 16.2 Å². The Hall–Kier alpha value is -4.57. The maximum Gasteiger partial charge on any atom is 0.256 e. The fourth-order valence-electron chi connectivity index (χ4n) is 3.32. The van der Waals surface area contributed by atoms with Gasteiger partial charge in [0.15, 0.2) is 5.82 Å². The summed E-state index contributed by atoms with van der Waals surface area (Å²) in [6.45, 7) is 0. The van der Waals surface area contributed by atoms with Crippen LogP contribution in [0.15, 0.2) is 102 Å². The van der Waals surface area contributed by atoms with Gasteiger partial charge in [0.1, 0.15) is 11.6 Å². The number of thioether (sulfide) groups is 1. The van der Waals surface area contributed by atoms with Crippen molar-refractivity contribution >= 4 is 23.4 Å². The van der Waals surface area contributed by atoms with Gasteiger partial charge >= 0.3 is 0 Å². The van der Waals surface area contributed by atoms with Crippen molar-refractivity contribution in [3.8, 4) is 17.3 Å². The smallest absolute Gasteiger partial charge is 0.256 e. The first kappa shape index (κ1) is 23.2. The van der Waals surface area contributed by atoms with Crippen LogP contribution in [0.4, 0.5) is 10.1 Å². The lowest BCUT2D eigenvalue weighted by molar-refractivity contribution is 0.102. The average Bonchev–Trinajstić information content (AvgIpc) is 3.39. The van der Waals surface area contributed by atoms with Gasteiger partial charge in [-0.2, -0.15) is 4.68 Å². The number of ether oxygens (including phenoxy) is 1. The first-order chi connectivity index (χ1) is 17.7. The number of nitrogens with zero attached hydrogens (tertiary/aromatic N) is 5. The molecule has 8 nitrogen and oxygen atoms in total. The summed E-state index contributed by atoms with van der Waals surface area (Å²) in [5.74, 6) is 1.32. The summed E-state index contributed by atoms with van der Waals surface area (Å²) in [4.78, 5) is 18.0. The molecule has 2 aromatic heterocycles. The topological polar surface area (TPSA) is 94.8 Å². The summed E-state index contributed by atoms with van der Waals surface area (Å²) in [5.41, 5.74) is 1.90. The van der Waals surface area contributed by atoms with Gasteiger partial charge in [-0.3, -0.25) is 4.79 Å². The lowest BCUT2D eigenvalue weighted by Crippen LogP contribution is -2.13. The van der Waals surface area contributed by atoms with Crippen LogP contribution in [0.25, 0.3) is 5.69 Å². The predicted molar refractivity (Wildman–Crippen MR) is 134 cm³/mol. The Bertz CT molecular complexity index is 1460. The van der Waals surface area contributed by atoms with Crippen molar-refractivity contribution in [2.75, 3.05) is 5.32 Å². The van der Waals surface area contributed by atoms with Crippen molar-refractivity contribution < 1.29 is 13.9 Å². The molecule has 0 spiro atoms. The van der Waals surface area contributed by atoms with Crippen LogP contribution in [0, 0.1) is 5.82 Å². The molecule has 0 saturated carbocycles. The van der Waals surface area contributed by atoms with Crippen LogP contribution >= 0.6 is 11.8 Å². The van der Waals surface area contributed by atoms with E-state index in [2.05, 4.69) is 25.8 Å². The lowest BCUT2D eigenvalue weighted by atomic mass is 10.2. The molecule has 1 N–H and O–H groups in total. The predicted octanol–water partition coefficient (Wildman–Crippen LogP) is 5.53. The highest BCUT2D eigenvalue weighted by molar-refractivity contribution is 7.98. The Morgan fingerprint density at radius 1 is 0.944 bits per heavy atom. The Morgan fingerprint density at radius 3 is 2.50 bits per heavy atom. The summed E-state index contributed by atoms with van der Waals surface area (Å²) in [6.07, 6.45) is 1.50. The van der Waals surface area contributed by atoms with Crippen molar-refractivity contribution in [2.24, 2.45) is 0 Å². The minimum absolute atomic E-state index is 0.269. The van der Waals surface area contributed by atoms with Gasteiger partial charge in [0.05, 0.1) is 28.9 Å². The van der Waals surface area contributed by atoms with Crippen LogP contribution in [-0.2, 0) is 5.75 Å². The van der Waals surface area contributed by atoms with Crippen molar-refractivity contribution in [1.82, 2.24) is 25.2 Å². The van der Waals surface area contributed by atoms with Crippen molar-refractivity contribution in [1.29, 1.82) is 0 Å². The number of anilines is 1. The molecule has 0 saturated heterocycles. The summed E-state index contributed by atoms with van der Waals surface area (Å²) in [5, 5.41) is 14.9. The van der Waals surface area contributed by atoms with E-state index in [1.165, 1.54) is 42.2 Å². The summed E-state index contributed by atoms with van der Waals surface area (Å²) < 4.78 is 20.3. The van der Waals surface area contributed by atoms with Crippen LogP contribution in [0.2, 0.25) is 0 Å². The molecule has 0 fully saturated rings. The Kier molecular flexibility index (Phi) is 6.95. The molecule has 36 heavy (non-hydrogen) atoms. The number of carbonyl (C=O) groups excluding carboxylic acids is 1. The first-order valence-electron chi connectivity index (χ1n) is 10.9. The third kappa shape index (κ3) is 5.56. The van der Waals surface area contributed by atoms with E-state index >= 15 is 0 Å². The third-order valence-electron chi connectivity index (χ3n) is 5.05. The molecule has 0 bridgehead atoms. The molecule has 2 heterocycles. The normalized spacial score (nSPS) is 10.7. The maximum absolute atomic E-state index is 13.1.